The number of nitrogens with zero attached hydrogens (tertiary/aromatic N) is 2. The zero-order valence-electron chi connectivity index (χ0n) is 17.6. The predicted molar refractivity (Wildman–Crippen MR) is 116 cm³/mol. The zero-order valence-corrected chi connectivity index (χ0v) is 18.4. The van der Waals surface area contributed by atoms with Crippen molar-refractivity contribution >= 4 is 27.6 Å². The normalized spacial score (nSPS) is 14.6. The minimum absolute atomic E-state index is 0.0772. The highest BCUT2D eigenvalue weighted by Crippen LogP contribution is 2.20. The maximum atomic E-state index is 13.9. The van der Waals surface area contributed by atoms with Crippen molar-refractivity contribution in [1.82, 2.24) is 14.5 Å². The Bertz CT molecular complexity index is 1050. The fourth-order valence-electron chi connectivity index (χ4n) is 3.26. The van der Waals surface area contributed by atoms with Crippen molar-refractivity contribution in [2.45, 2.75) is 11.3 Å². The van der Waals surface area contributed by atoms with Crippen molar-refractivity contribution in [3.8, 4) is 5.75 Å². The quantitative estimate of drug-likeness (QED) is 0.651. The molecule has 1 aliphatic heterocycles. The predicted octanol–water partition coefficient (Wildman–Crippen LogP) is 1.88. The number of anilines is 1. The second kappa shape index (κ2) is 10.4. The Morgan fingerprint density at radius 3 is 2.31 bits per heavy atom. The molecular weight excluding hydrogens is 439 g/mol. The maximum Gasteiger partial charge on any atom is 0.319 e. The number of amides is 3. The molecule has 172 valence electrons. The van der Waals surface area contributed by atoms with Gasteiger partial charge in [0.25, 0.3) is 0 Å². The van der Waals surface area contributed by atoms with Gasteiger partial charge in [0.2, 0.25) is 15.9 Å². The first-order valence-electron chi connectivity index (χ1n) is 10.0. The molecule has 3 amide bonds. The molecule has 0 aromatic heterocycles. The summed E-state index contributed by atoms with van der Waals surface area (Å²) in [6, 6.07) is 11.6. The summed E-state index contributed by atoms with van der Waals surface area (Å²) in [5.41, 5.74) is 0.585. The highest BCUT2D eigenvalue weighted by atomic mass is 32.2. The summed E-state index contributed by atoms with van der Waals surface area (Å²) in [6.45, 7) is 0.686. The van der Waals surface area contributed by atoms with E-state index in [-0.39, 0.29) is 49.9 Å². The van der Waals surface area contributed by atoms with E-state index in [1.807, 2.05) is 0 Å². The molecule has 1 saturated heterocycles. The minimum Gasteiger partial charge on any atom is -0.497 e. The highest BCUT2D eigenvalue weighted by Gasteiger charge is 2.31. The zero-order chi connectivity index (χ0) is 23.1. The van der Waals surface area contributed by atoms with Gasteiger partial charge in [0.15, 0.2) is 0 Å². The van der Waals surface area contributed by atoms with Crippen molar-refractivity contribution in [3.05, 3.63) is 54.3 Å². The third-order valence-electron chi connectivity index (χ3n) is 5.02. The lowest BCUT2D eigenvalue weighted by atomic mass is 10.3. The number of urea groups is 1. The molecule has 32 heavy (non-hydrogen) atoms. The van der Waals surface area contributed by atoms with E-state index in [0.717, 1.165) is 6.07 Å². The number of piperazine rings is 1. The molecule has 0 radical (unpaired) electrons. The number of carbonyl (C=O) groups excluding carboxylic acids is 2. The summed E-state index contributed by atoms with van der Waals surface area (Å²) in [7, 11) is -2.41. The summed E-state index contributed by atoms with van der Waals surface area (Å²) >= 11 is 0. The third-order valence-corrected chi connectivity index (χ3v) is 6.95. The van der Waals surface area contributed by atoms with Crippen LogP contribution in [0.25, 0.3) is 0 Å². The number of nitrogens with one attached hydrogen (secondary N) is 2. The lowest BCUT2D eigenvalue weighted by Gasteiger charge is -2.34. The molecule has 0 atom stereocenters. The molecule has 0 bridgehead atoms. The van der Waals surface area contributed by atoms with E-state index in [9.17, 15) is 22.4 Å². The minimum atomic E-state index is -3.96. The number of rotatable bonds is 7. The summed E-state index contributed by atoms with van der Waals surface area (Å²) in [5.74, 6) is -0.328. The SMILES string of the molecule is COc1ccc(NC(=O)NCCC(=O)N2CCN(S(=O)(=O)c3ccccc3F)CC2)cc1. The molecule has 1 aliphatic rings. The van der Waals surface area contributed by atoms with Crippen molar-refractivity contribution in [1.29, 1.82) is 0 Å². The Labute approximate surface area is 186 Å². The van der Waals surface area contributed by atoms with Crippen LogP contribution in [0.1, 0.15) is 6.42 Å². The second-order valence-corrected chi connectivity index (χ2v) is 8.98. The van der Waals surface area contributed by atoms with Crippen LogP contribution in [0.5, 0.6) is 5.75 Å². The number of benzene rings is 2. The Hall–Kier alpha value is -3.18. The molecule has 0 saturated carbocycles. The Morgan fingerprint density at radius 2 is 1.69 bits per heavy atom. The number of halogens is 1. The lowest BCUT2D eigenvalue weighted by Crippen LogP contribution is -2.51. The summed E-state index contributed by atoms with van der Waals surface area (Å²) < 4.78 is 45.4. The number of hydrogen-bond acceptors (Lipinski definition) is 5. The van der Waals surface area contributed by atoms with Gasteiger partial charge in [-0.1, -0.05) is 12.1 Å². The van der Waals surface area contributed by atoms with Gasteiger partial charge in [-0.25, -0.2) is 17.6 Å². The number of hydrogen-bond donors (Lipinski definition) is 2. The van der Waals surface area contributed by atoms with Crippen LogP contribution in [0, 0.1) is 5.82 Å². The molecule has 11 heteroatoms. The average Bonchev–Trinajstić information content (AvgIpc) is 2.79. The number of ether oxygens (including phenoxy) is 1. The summed E-state index contributed by atoms with van der Waals surface area (Å²) in [4.78, 5) is 25.5. The molecule has 2 aromatic carbocycles. The van der Waals surface area contributed by atoms with E-state index in [4.69, 9.17) is 4.74 Å². The van der Waals surface area contributed by atoms with Crippen molar-refractivity contribution in [2.24, 2.45) is 0 Å². The Morgan fingerprint density at radius 1 is 1.03 bits per heavy atom. The molecule has 0 unspecified atom stereocenters. The third kappa shape index (κ3) is 5.74. The van der Waals surface area contributed by atoms with Crippen LogP contribution in [0.2, 0.25) is 0 Å². The largest absolute Gasteiger partial charge is 0.497 e. The molecule has 1 fully saturated rings. The van der Waals surface area contributed by atoms with Crippen LogP contribution < -0.4 is 15.4 Å². The number of methoxy groups -OCH3 is 1. The van der Waals surface area contributed by atoms with E-state index in [1.54, 1.807) is 31.4 Å². The van der Waals surface area contributed by atoms with Crippen molar-refractivity contribution in [2.75, 3.05) is 45.2 Å². The van der Waals surface area contributed by atoms with Crippen molar-refractivity contribution in [3.63, 3.8) is 0 Å². The molecular formula is C21H25FN4O5S. The molecule has 0 spiro atoms. The van der Waals surface area contributed by atoms with Crippen LogP contribution in [0.15, 0.2) is 53.4 Å². The highest BCUT2D eigenvalue weighted by molar-refractivity contribution is 7.89. The second-order valence-electron chi connectivity index (χ2n) is 7.07. The first-order chi connectivity index (χ1) is 15.3. The van der Waals surface area contributed by atoms with Crippen LogP contribution >= 0.6 is 0 Å². The lowest BCUT2D eigenvalue weighted by molar-refractivity contribution is -0.132. The maximum absolute atomic E-state index is 13.9. The van der Waals surface area contributed by atoms with Gasteiger partial charge in [0.05, 0.1) is 7.11 Å². The molecule has 3 rings (SSSR count). The summed E-state index contributed by atoms with van der Waals surface area (Å²) in [6.07, 6.45) is 0.0795. The molecule has 1 heterocycles. The first-order valence-corrected chi connectivity index (χ1v) is 11.5. The fourth-order valence-corrected chi connectivity index (χ4v) is 4.75. The van der Waals surface area contributed by atoms with Gasteiger partial charge in [0.1, 0.15) is 16.5 Å². The van der Waals surface area contributed by atoms with E-state index in [2.05, 4.69) is 10.6 Å². The van der Waals surface area contributed by atoms with Crippen molar-refractivity contribution < 1.29 is 27.1 Å². The monoisotopic (exact) mass is 464 g/mol. The van der Waals surface area contributed by atoms with Crippen LogP contribution in [0.4, 0.5) is 14.9 Å². The van der Waals surface area contributed by atoms with Gasteiger partial charge >= 0.3 is 6.03 Å². The van der Waals surface area contributed by atoms with Gasteiger partial charge in [-0.3, -0.25) is 4.79 Å². The fraction of sp³-hybridized carbons (Fsp3) is 0.333. The molecule has 9 nitrogen and oxygen atoms in total. The van der Waals surface area contributed by atoms with E-state index in [0.29, 0.717) is 11.4 Å². The molecule has 0 aliphatic carbocycles. The van der Waals surface area contributed by atoms with Gasteiger partial charge in [-0.05, 0) is 36.4 Å². The Balaban J connectivity index is 1.42. The van der Waals surface area contributed by atoms with Crippen LogP contribution in [-0.4, -0.2) is 69.4 Å². The molecule has 2 N–H and O–H groups in total. The van der Waals surface area contributed by atoms with Gasteiger partial charge in [0, 0.05) is 44.8 Å². The van der Waals surface area contributed by atoms with Gasteiger partial charge < -0.3 is 20.3 Å². The topological polar surface area (TPSA) is 108 Å². The van der Waals surface area contributed by atoms with Gasteiger partial charge in [-0.2, -0.15) is 4.31 Å². The number of sulfonamides is 1. The smallest absolute Gasteiger partial charge is 0.319 e. The van der Waals surface area contributed by atoms with Crippen LogP contribution in [-0.2, 0) is 14.8 Å². The van der Waals surface area contributed by atoms with Gasteiger partial charge in [-0.15, -0.1) is 0 Å². The van der Waals surface area contributed by atoms with Crippen LogP contribution in [0.3, 0.4) is 0 Å². The first kappa shape index (κ1) is 23.5. The van der Waals surface area contributed by atoms with E-state index < -0.39 is 21.9 Å². The van der Waals surface area contributed by atoms with E-state index in [1.165, 1.54) is 27.4 Å². The average molecular weight is 465 g/mol. The molecule has 2 aromatic rings. The summed E-state index contributed by atoms with van der Waals surface area (Å²) in [5, 5.41) is 5.27. The van der Waals surface area contributed by atoms with E-state index >= 15 is 0 Å². The Kier molecular flexibility index (Phi) is 7.65. The standard InChI is InChI=1S/C21H25FN4O5S/c1-31-17-8-6-16(7-9-17)24-21(28)23-11-10-20(27)25-12-14-26(15-13-25)32(29,30)19-5-3-2-4-18(19)22/h2-9H,10-15H2,1H3,(H2,23,24,28). The number of carbonyl (C=O) groups is 2.